The van der Waals surface area contributed by atoms with Crippen molar-refractivity contribution in [1.29, 1.82) is 0 Å². The number of aliphatic hydroxyl groups is 1. The Labute approximate surface area is 234 Å². The Kier molecular flexibility index (Phi) is 9.56. The van der Waals surface area contributed by atoms with Gasteiger partial charge in [0.1, 0.15) is 23.3 Å². The number of aliphatic hydroxyl groups excluding tert-OH is 1. The third-order valence-corrected chi connectivity index (χ3v) is 6.64. The van der Waals surface area contributed by atoms with Gasteiger partial charge in [0.15, 0.2) is 0 Å². The van der Waals surface area contributed by atoms with E-state index in [1.54, 1.807) is 6.07 Å². The van der Waals surface area contributed by atoms with Crippen molar-refractivity contribution in [1.82, 2.24) is 20.6 Å². The average Bonchev–Trinajstić information content (AvgIpc) is 2.89. The first kappa shape index (κ1) is 28.5. The number of benzene rings is 1. The van der Waals surface area contributed by atoms with Gasteiger partial charge in [-0.3, -0.25) is 9.78 Å². The number of halogens is 1. The van der Waals surface area contributed by atoms with Crippen LogP contribution in [0.25, 0.3) is 0 Å². The normalized spacial score (nSPS) is 17.9. The number of aromatic nitrogens is 2. The Morgan fingerprint density at radius 2 is 2.03 bits per heavy atom. The molecule has 1 amide bonds. The van der Waals surface area contributed by atoms with Crippen LogP contribution in [-0.4, -0.2) is 52.8 Å². The van der Waals surface area contributed by atoms with Gasteiger partial charge in [-0.25, -0.2) is 4.98 Å². The van der Waals surface area contributed by atoms with Crippen LogP contribution in [-0.2, 0) is 18.4 Å². The fourth-order valence-corrected chi connectivity index (χ4v) is 4.47. The number of amides is 1. The smallest absolute Gasteiger partial charge is 0.251 e. The maximum absolute atomic E-state index is 13.3. The standard InChI is InChI=1S/C30H36ClN5O3/c1-30(2,3)22-9-11-33-23(17-22)18-32-19-26(37)25-14-20-7-6-8-24(13-20)39-12-5-4-10-34-28-16-21(29(38)35-25)15-27(31)36-28/h4-9,11,13,15-17,25-26,32,37H,10,12,14,18-19H2,1-3H3,(H,34,36)(H,35,38)/b5-4+/t25-,26+/m0/s1. The summed E-state index contributed by atoms with van der Waals surface area (Å²) in [5, 5.41) is 20.9. The molecule has 8 nitrogen and oxygen atoms in total. The minimum absolute atomic E-state index is 0.0188. The van der Waals surface area contributed by atoms with Crippen LogP contribution in [0, 0.1) is 0 Å². The molecular weight excluding hydrogens is 514 g/mol. The van der Waals surface area contributed by atoms with Crippen molar-refractivity contribution in [2.24, 2.45) is 0 Å². The van der Waals surface area contributed by atoms with Crippen LogP contribution >= 0.6 is 11.6 Å². The number of carbonyl (C=O) groups excluding carboxylic acids is 1. The second kappa shape index (κ2) is 13.1. The van der Waals surface area contributed by atoms with Gasteiger partial charge in [-0.15, -0.1) is 0 Å². The van der Waals surface area contributed by atoms with E-state index in [4.69, 9.17) is 16.3 Å². The molecule has 3 aromatic rings. The first-order chi connectivity index (χ1) is 18.7. The highest BCUT2D eigenvalue weighted by Crippen LogP contribution is 2.22. The average molecular weight is 550 g/mol. The van der Waals surface area contributed by atoms with E-state index >= 15 is 0 Å². The molecule has 9 heteroatoms. The molecule has 206 valence electrons. The van der Waals surface area contributed by atoms with Gasteiger partial charge in [0.25, 0.3) is 5.91 Å². The molecule has 0 radical (unpaired) electrons. The molecule has 2 aromatic heterocycles. The van der Waals surface area contributed by atoms with Crippen molar-refractivity contribution in [2.75, 3.05) is 25.0 Å². The SMILES string of the molecule is CC(C)(C)c1ccnc(CNC[C@@H](O)[C@@H]2Cc3cccc(c3)OC/C=C/CNc3cc(cc(Cl)n3)C(=O)N2)c1. The summed E-state index contributed by atoms with van der Waals surface area (Å²) in [5.41, 5.74) is 3.40. The van der Waals surface area contributed by atoms with Crippen molar-refractivity contribution in [2.45, 2.75) is 51.3 Å². The summed E-state index contributed by atoms with van der Waals surface area (Å²) in [6.45, 7) is 8.15. The van der Waals surface area contributed by atoms with Gasteiger partial charge in [-0.1, -0.05) is 50.6 Å². The Morgan fingerprint density at radius 1 is 1.18 bits per heavy atom. The fourth-order valence-electron chi connectivity index (χ4n) is 4.26. The van der Waals surface area contributed by atoms with E-state index < -0.39 is 12.1 Å². The summed E-state index contributed by atoms with van der Waals surface area (Å²) in [6, 6.07) is 14.4. The summed E-state index contributed by atoms with van der Waals surface area (Å²) < 4.78 is 5.85. The number of fused-ring (bicyclic) bond motifs is 4. The fraction of sp³-hybridized carbons (Fsp3) is 0.367. The number of anilines is 1. The number of carbonyl (C=O) groups is 1. The Hall–Kier alpha value is -3.46. The van der Waals surface area contributed by atoms with Crippen LogP contribution in [0.4, 0.5) is 5.82 Å². The molecule has 0 saturated heterocycles. The van der Waals surface area contributed by atoms with Gasteiger partial charge in [-0.05, 0) is 65.4 Å². The van der Waals surface area contributed by atoms with Crippen molar-refractivity contribution in [3.8, 4) is 5.75 Å². The van der Waals surface area contributed by atoms with E-state index in [9.17, 15) is 9.90 Å². The molecule has 2 atom stereocenters. The van der Waals surface area contributed by atoms with Crippen LogP contribution in [0.5, 0.6) is 5.75 Å². The van der Waals surface area contributed by atoms with E-state index in [0.717, 1.165) is 17.0 Å². The van der Waals surface area contributed by atoms with Crippen molar-refractivity contribution < 1.29 is 14.6 Å². The third kappa shape index (κ3) is 8.51. The Bertz CT molecular complexity index is 1310. The molecule has 4 rings (SSSR count). The quantitative estimate of drug-likeness (QED) is 0.278. The molecule has 3 heterocycles. The van der Waals surface area contributed by atoms with Crippen molar-refractivity contribution >= 4 is 23.3 Å². The number of ether oxygens (including phenoxy) is 1. The minimum atomic E-state index is -0.874. The molecule has 0 spiro atoms. The molecule has 0 fully saturated rings. The lowest BCUT2D eigenvalue weighted by atomic mass is 9.87. The maximum atomic E-state index is 13.3. The van der Waals surface area contributed by atoms with E-state index in [1.165, 1.54) is 11.6 Å². The summed E-state index contributed by atoms with van der Waals surface area (Å²) >= 11 is 6.20. The number of nitrogens with zero attached hydrogens (tertiary/aromatic N) is 2. The number of pyridine rings is 2. The van der Waals surface area contributed by atoms with Crippen LogP contribution in [0.15, 0.2) is 66.9 Å². The van der Waals surface area contributed by atoms with E-state index in [1.807, 2.05) is 48.7 Å². The third-order valence-electron chi connectivity index (χ3n) is 6.45. The highest BCUT2D eigenvalue weighted by molar-refractivity contribution is 6.29. The highest BCUT2D eigenvalue weighted by atomic mass is 35.5. The van der Waals surface area contributed by atoms with Crippen LogP contribution in [0.2, 0.25) is 5.15 Å². The van der Waals surface area contributed by atoms with Gasteiger partial charge >= 0.3 is 0 Å². The Balaban J connectivity index is 1.52. The molecule has 0 aliphatic carbocycles. The van der Waals surface area contributed by atoms with E-state index in [2.05, 4.69) is 52.8 Å². The first-order valence-electron chi connectivity index (χ1n) is 13.1. The van der Waals surface area contributed by atoms with Crippen LogP contribution in [0.3, 0.4) is 0 Å². The summed E-state index contributed by atoms with van der Waals surface area (Å²) in [7, 11) is 0. The summed E-state index contributed by atoms with van der Waals surface area (Å²) in [4.78, 5) is 22.0. The highest BCUT2D eigenvalue weighted by Gasteiger charge is 2.23. The number of nitrogens with one attached hydrogen (secondary N) is 3. The van der Waals surface area contributed by atoms with E-state index in [0.29, 0.717) is 37.5 Å². The van der Waals surface area contributed by atoms with E-state index in [-0.39, 0.29) is 23.0 Å². The predicted octanol–water partition coefficient (Wildman–Crippen LogP) is 4.28. The van der Waals surface area contributed by atoms with Crippen LogP contribution in [0.1, 0.15) is 48.0 Å². The predicted molar refractivity (Wildman–Crippen MR) is 154 cm³/mol. The topological polar surface area (TPSA) is 108 Å². The van der Waals surface area contributed by atoms with Gasteiger partial charge in [0.2, 0.25) is 0 Å². The molecule has 1 aliphatic heterocycles. The van der Waals surface area contributed by atoms with Crippen molar-refractivity contribution in [3.05, 3.63) is 94.4 Å². The molecule has 0 unspecified atom stereocenters. The lowest BCUT2D eigenvalue weighted by molar-refractivity contribution is 0.0829. The molecule has 1 aromatic carbocycles. The lowest BCUT2D eigenvalue weighted by Crippen LogP contribution is -2.48. The maximum Gasteiger partial charge on any atom is 0.251 e. The molecule has 39 heavy (non-hydrogen) atoms. The van der Waals surface area contributed by atoms with Crippen LogP contribution < -0.4 is 20.7 Å². The zero-order valence-corrected chi connectivity index (χ0v) is 23.3. The first-order valence-corrected chi connectivity index (χ1v) is 13.5. The monoisotopic (exact) mass is 549 g/mol. The summed E-state index contributed by atoms with van der Waals surface area (Å²) in [6.07, 6.45) is 5.18. The zero-order valence-electron chi connectivity index (χ0n) is 22.6. The molecular formula is C30H36ClN5O3. The van der Waals surface area contributed by atoms with Gasteiger partial charge in [-0.2, -0.15) is 0 Å². The number of hydrogen-bond acceptors (Lipinski definition) is 7. The number of hydrogen-bond donors (Lipinski definition) is 4. The molecule has 4 N–H and O–H groups in total. The lowest BCUT2D eigenvalue weighted by Gasteiger charge is -2.25. The van der Waals surface area contributed by atoms with Gasteiger partial charge in [0.05, 0.1) is 17.8 Å². The van der Waals surface area contributed by atoms with Gasteiger partial charge < -0.3 is 25.8 Å². The largest absolute Gasteiger partial charge is 0.490 e. The second-order valence-corrected chi connectivity index (χ2v) is 11.0. The summed E-state index contributed by atoms with van der Waals surface area (Å²) in [5.74, 6) is 0.860. The minimum Gasteiger partial charge on any atom is -0.490 e. The molecule has 1 aliphatic rings. The van der Waals surface area contributed by atoms with Gasteiger partial charge in [0, 0.05) is 31.4 Å². The van der Waals surface area contributed by atoms with Crippen molar-refractivity contribution in [3.63, 3.8) is 0 Å². The zero-order chi connectivity index (χ0) is 27.8. The molecule has 0 saturated carbocycles. The Morgan fingerprint density at radius 3 is 2.85 bits per heavy atom. The molecule has 4 bridgehead atoms. The second-order valence-electron chi connectivity index (χ2n) is 10.6. The number of rotatable bonds is 5.